The van der Waals surface area contributed by atoms with Gasteiger partial charge < -0.3 is 19.1 Å². The van der Waals surface area contributed by atoms with E-state index in [4.69, 9.17) is 19.1 Å². The number of hydrogen-bond acceptors (Lipinski definition) is 7. The SMILES string of the molecule is COC(CN(CCCO)Cc1nc(CCc2ccccc2)no1)OC. The molecule has 7 nitrogen and oxygen atoms in total. The van der Waals surface area contributed by atoms with Crippen molar-refractivity contribution in [3.05, 3.63) is 47.6 Å². The van der Waals surface area contributed by atoms with Crippen molar-refractivity contribution in [1.29, 1.82) is 0 Å². The van der Waals surface area contributed by atoms with Crippen LogP contribution in [0.2, 0.25) is 0 Å². The lowest BCUT2D eigenvalue weighted by Gasteiger charge is -2.24. The lowest BCUT2D eigenvalue weighted by Crippen LogP contribution is -2.35. The fourth-order valence-corrected chi connectivity index (χ4v) is 2.53. The van der Waals surface area contributed by atoms with Crippen molar-refractivity contribution >= 4 is 0 Å². The highest BCUT2D eigenvalue weighted by molar-refractivity contribution is 5.15. The molecule has 1 heterocycles. The summed E-state index contributed by atoms with van der Waals surface area (Å²) in [6.07, 6.45) is 1.95. The molecule has 0 saturated heterocycles. The number of methoxy groups -OCH3 is 2. The highest BCUT2D eigenvalue weighted by atomic mass is 16.7. The van der Waals surface area contributed by atoms with Crippen LogP contribution in [0.4, 0.5) is 0 Å². The smallest absolute Gasteiger partial charge is 0.240 e. The number of hydrogen-bond donors (Lipinski definition) is 1. The van der Waals surface area contributed by atoms with E-state index in [1.165, 1.54) is 5.56 Å². The second-order valence-corrected chi connectivity index (χ2v) is 5.80. The molecule has 0 amide bonds. The fourth-order valence-electron chi connectivity index (χ4n) is 2.53. The first kappa shape index (κ1) is 19.5. The lowest BCUT2D eigenvalue weighted by molar-refractivity contribution is -0.118. The van der Waals surface area contributed by atoms with Crippen molar-refractivity contribution in [2.24, 2.45) is 0 Å². The van der Waals surface area contributed by atoms with E-state index in [1.54, 1.807) is 14.2 Å². The van der Waals surface area contributed by atoms with Gasteiger partial charge in [-0.3, -0.25) is 4.90 Å². The molecule has 2 aromatic rings. The van der Waals surface area contributed by atoms with Crippen LogP contribution >= 0.6 is 0 Å². The molecule has 0 bridgehead atoms. The van der Waals surface area contributed by atoms with E-state index in [0.717, 1.165) is 12.8 Å². The van der Waals surface area contributed by atoms with Crippen molar-refractivity contribution in [3.63, 3.8) is 0 Å². The van der Waals surface area contributed by atoms with Gasteiger partial charge in [0.25, 0.3) is 0 Å². The predicted molar refractivity (Wildman–Crippen MR) is 92.9 cm³/mol. The van der Waals surface area contributed by atoms with E-state index in [2.05, 4.69) is 27.2 Å². The molecule has 1 N–H and O–H groups in total. The monoisotopic (exact) mass is 349 g/mol. The van der Waals surface area contributed by atoms with E-state index in [-0.39, 0.29) is 12.9 Å². The quantitative estimate of drug-likeness (QED) is 0.584. The zero-order chi connectivity index (χ0) is 17.9. The lowest BCUT2D eigenvalue weighted by atomic mass is 10.1. The van der Waals surface area contributed by atoms with Gasteiger partial charge >= 0.3 is 0 Å². The van der Waals surface area contributed by atoms with Gasteiger partial charge in [-0.15, -0.1) is 0 Å². The predicted octanol–water partition coefficient (Wildman–Crippen LogP) is 1.66. The summed E-state index contributed by atoms with van der Waals surface area (Å²) in [5.41, 5.74) is 1.25. The standard InChI is InChI=1S/C18H27N3O4/c1-23-18(24-2)14-21(11-6-12-22)13-17-19-16(20-25-17)10-9-15-7-4-3-5-8-15/h3-5,7-8,18,22H,6,9-14H2,1-2H3. The highest BCUT2D eigenvalue weighted by Gasteiger charge is 2.16. The molecule has 138 valence electrons. The number of aliphatic hydroxyl groups excluding tert-OH is 1. The third-order valence-corrected chi connectivity index (χ3v) is 3.91. The zero-order valence-electron chi connectivity index (χ0n) is 14.9. The van der Waals surface area contributed by atoms with Gasteiger partial charge in [0, 0.05) is 40.3 Å². The van der Waals surface area contributed by atoms with E-state index in [1.807, 2.05) is 18.2 Å². The van der Waals surface area contributed by atoms with Gasteiger partial charge in [0.1, 0.15) is 0 Å². The summed E-state index contributed by atoms with van der Waals surface area (Å²) >= 11 is 0. The van der Waals surface area contributed by atoms with Crippen LogP contribution in [-0.2, 0) is 28.9 Å². The minimum absolute atomic E-state index is 0.132. The maximum Gasteiger partial charge on any atom is 0.240 e. The Morgan fingerprint density at radius 2 is 1.92 bits per heavy atom. The van der Waals surface area contributed by atoms with Gasteiger partial charge in [0.05, 0.1) is 6.54 Å². The third-order valence-electron chi connectivity index (χ3n) is 3.91. The summed E-state index contributed by atoms with van der Waals surface area (Å²) in [6.45, 7) is 1.89. The first-order valence-electron chi connectivity index (χ1n) is 8.49. The minimum atomic E-state index is -0.334. The number of ether oxygens (including phenoxy) is 2. The van der Waals surface area contributed by atoms with Crippen LogP contribution in [0, 0.1) is 0 Å². The zero-order valence-corrected chi connectivity index (χ0v) is 14.9. The Labute approximate surface area is 148 Å². The van der Waals surface area contributed by atoms with Crippen molar-refractivity contribution in [2.45, 2.75) is 32.1 Å². The molecule has 0 aliphatic carbocycles. The Bertz CT molecular complexity index is 587. The Hall–Kier alpha value is -1.80. The van der Waals surface area contributed by atoms with Crippen molar-refractivity contribution in [3.8, 4) is 0 Å². The number of aryl methyl sites for hydroxylation is 2. The topological polar surface area (TPSA) is 80.9 Å². The van der Waals surface area contributed by atoms with E-state index >= 15 is 0 Å². The number of benzene rings is 1. The molecule has 0 fully saturated rings. The summed E-state index contributed by atoms with van der Waals surface area (Å²) in [5.74, 6) is 1.27. The van der Waals surface area contributed by atoms with Crippen LogP contribution in [0.25, 0.3) is 0 Å². The van der Waals surface area contributed by atoms with Gasteiger partial charge in [0.15, 0.2) is 12.1 Å². The molecule has 0 aliphatic rings. The van der Waals surface area contributed by atoms with Crippen molar-refractivity contribution in [2.75, 3.05) is 33.9 Å². The summed E-state index contributed by atoms with van der Waals surface area (Å²) in [5, 5.41) is 13.1. The first-order chi connectivity index (χ1) is 12.2. The molecule has 2 rings (SSSR count). The Morgan fingerprint density at radius 3 is 2.60 bits per heavy atom. The van der Waals surface area contributed by atoms with Gasteiger partial charge in [-0.2, -0.15) is 4.98 Å². The molecule has 1 aromatic heterocycles. The second-order valence-electron chi connectivity index (χ2n) is 5.80. The average molecular weight is 349 g/mol. The molecule has 7 heteroatoms. The van der Waals surface area contributed by atoms with Gasteiger partial charge in [-0.25, -0.2) is 0 Å². The van der Waals surface area contributed by atoms with E-state index in [9.17, 15) is 0 Å². The summed E-state index contributed by atoms with van der Waals surface area (Å²) in [6, 6.07) is 10.2. The normalized spacial score (nSPS) is 11.6. The number of aromatic nitrogens is 2. The Kier molecular flexibility index (Phi) is 8.54. The van der Waals surface area contributed by atoms with Crippen LogP contribution < -0.4 is 0 Å². The summed E-state index contributed by atoms with van der Waals surface area (Å²) in [7, 11) is 3.21. The molecule has 0 atom stereocenters. The van der Waals surface area contributed by atoms with E-state index < -0.39 is 0 Å². The molecule has 0 spiro atoms. The van der Waals surface area contributed by atoms with E-state index in [0.29, 0.717) is 37.8 Å². The molecule has 0 saturated carbocycles. The molecule has 0 radical (unpaired) electrons. The number of rotatable bonds is 12. The van der Waals surface area contributed by atoms with Crippen LogP contribution in [0.1, 0.15) is 23.7 Å². The fraction of sp³-hybridized carbons (Fsp3) is 0.556. The highest BCUT2D eigenvalue weighted by Crippen LogP contribution is 2.09. The average Bonchev–Trinajstić information content (AvgIpc) is 3.10. The molecule has 0 aliphatic heterocycles. The van der Waals surface area contributed by atoms with Crippen molar-refractivity contribution < 1.29 is 19.1 Å². The maximum atomic E-state index is 9.07. The molecule has 25 heavy (non-hydrogen) atoms. The third kappa shape index (κ3) is 6.91. The molecular weight excluding hydrogens is 322 g/mol. The van der Waals surface area contributed by atoms with Crippen LogP contribution in [0.15, 0.2) is 34.9 Å². The van der Waals surface area contributed by atoms with Gasteiger partial charge in [-0.05, 0) is 18.4 Å². The number of aliphatic hydroxyl groups is 1. The molecule has 0 unspecified atom stereocenters. The van der Waals surface area contributed by atoms with Gasteiger partial charge in [-0.1, -0.05) is 35.5 Å². The van der Waals surface area contributed by atoms with Crippen molar-refractivity contribution in [1.82, 2.24) is 15.0 Å². The first-order valence-corrected chi connectivity index (χ1v) is 8.49. The summed E-state index contributed by atoms with van der Waals surface area (Å²) in [4.78, 5) is 6.54. The minimum Gasteiger partial charge on any atom is -0.396 e. The largest absolute Gasteiger partial charge is 0.396 e. The Balaban J connectivity index is 1.89. The summed E-state index contributed by atoms with van der Waals surface area (Å²) < 4.78 is 15.9. The maximum absolute atomic E-state index is 9.07. The number of nitrogens with zero attached hydrogens (tertiary/aromatic N) is 3. The second kappa shape index (κ2) is 10.9. The molecular formula is C18H27N3O4. The van der Waals surface area contributed by atoms with Gasteiger partial charge in [0.2, 0.25) is 5.89 Å². The van der Waals surface area contributed by atoms with Crippen LogP contribution in [-0.4, -0.2) is 60.4 Å². The molecule has 1 aromatic carbocycles. The Morgan fingerprint density at radius 1 is 1.16 bits per heavy atom. The van der Waals surface area contributed by atoms with Crippen LogP contribution in [0.5, 0.6) is 0 Å². The van der Waals surface area contributed by atoms with Crippen LogP contribution in [0.3, 0.4) is 0 Å².